The normalized spacial score (nSPS) is 15.0. The first kappa shape index (κ1) is 10.7. The van der Waals surface area contributed by atoms with E-state index in [4.69, 9.17) is 5.11 Å². The first-order chi connectivity index (χ1) is 4.98. The molecule has 0 radical (unpaired) electrons. The molecule has 0 spiro atoms. The summed E-state index contributed by atoms with van der Waals surface area (Å²) in [4.78, 5) is 0. The van der Waals surface area contributed by atoms with E-state index in [0.29, 0.717) is 6.54 Å². The van der Waals surface area contributed by atoms with Crippen molar-refractivity contribution in [2.45, 2.75) is 25.6 Å². The third-order valence-corrected chi connectivity index (χ3v) is 1.14. The van der Waals surface area contributed by atoms with Gasteiger partial charge in [-0.1, -0.05) is 6.92 Å². The van der Waals surface area contributed by atoms with Crippen LogP contribution in [0.25, 0.3) is 0 Å². The van der Waals surface area contributed by atoms with Gasteiger partial charge in [-0.05, 0) is 13.0 Å². The number of aliphatic hydroxyl groups excluding tert-OH is 1. The Labute approximate surface area is 63.4 Å². The molecule has 0 aliphatic heterocycles. The van der Waals surface area contributed by atoms with Crippen molar-refractivity contribution in [3.63, 3.8) is 0 Å². The summed E-state index contributed by atoms with van der Waals surface area (Å²) in [6.07, 6.45) is -5.99. The highest BCUT2D eigenvalue weighted by Gasteiger charge is 2.37. The summed E-state index contributed by atoms with van der Waals surface area (Å²) in [7, 11) is 0. The van der Waals surface area contributed by atoms with Crippen LogP contribution in [0, 0.1) is 0 Å². The predicted molar refractivity (Wildman–Crippen MR) is 35.2 cm³/mol. The molecule has 0 aromatic rings. The van der Waals surface area contributed by atoms with Crippen LogP contribution in [-0.4, -0.2) is 30.5 Å². The minimum atomic E-state index is -4.50. The van der Waals surface area contributed by atoms with Gasteiger partial charge in [0.1, 0.15) is 0 Å². The van der Waals surface area contributed by atoms with Crippen LogP contribution in [0.15, 0.2) is 0 Å². The van der Waals surface area contributed by atoms with Crippen LogP contribution in [0.3, 0.4) is 0 Å². The molecule has 2 nitrogen and oxygen atoms in total. The number of hydrogen-bond acceptors (Lipinski definition) is 2. The third-order valence-electron chi connectivity index (χ3n) is 1.14. The molecule has 2 N–H and O–H groups in total. The number of rotatable bonds is 4. The molecule has 0 bridgehead atoms. The average molecular weight is 171 g/mol. The number of nitrogens with one attached hydrogen (secondary N) is 1. The molecule has 0 saturated heterocycles. The summed E-state index contributed by atoms with van der Waals surface area (Å²) in [5.74, 6) is 0. The molecule has 0 saturated carbocycles. The second-order valence-corrected chi connectivity index (χ2v) is 2.26. The maximum Gasteiger partial charge on any atom is 0.415 e. The van der Waals surface area contributed by atoms with Gasteiger partial charge in [0.15, 0.2) is 6.10 Å². The van der Waals surface area contributed by atoms with Crippen molar-refractivity contribution in [3.8, 4) is 0 Å². The largest absolute Gasteiger partial charge is 0.415 e. The van der Waals surface area contributed by atoms with Crippen molar-refractivity contribution < 1.29 is 18.3 Å². The Bertz CT molecular complexity index is 104. The molecule has 5 heteroatoms. The van der Waals surface area contributed by atoms with E-state index in [9.17, 15) is 13.2 Å². The third kappa shape index (κ3) is 5.03. The van der Waals surface area contributed by atoms with E-state index in [1.54, 1.807) is 0 Å². The Morgan fingerprint density at radius 1 is 1.45 bits per heavy atom. The molecule has 0 amide bonds. The number of halogens is 3. The Hall–Kier alpha value is -0.290. The maximum absolute atomic E-state index is 11.6. The molecule has 0 aliphatic rings. The minimum Gasteiger partial charge on any atom is -0.382 e. The molecule has 0 aromatic carbocycles. The highest BCUT2D eigenvalue weighted by atomic mass is 19.4. The molecular weight excluding hydrogens is 159 g/mol. The summed E-state index contributed by atoms with van der Waals surface area (Å²) in [6.45, 7) is 1.91. The van der Waals surface area contributed by atoms with E-state index in [1.165, 1.54) is 0 Å². The second-order valence-electron chi connectivity index (χ2n) is 2.26. The van der Waals surface area contributed by atoms with E-state index in [0.717, 1.165) is 6.42 Å². The molecule has 1 atom stereocenters. The summed E-state index contributed by atoms with van der Waals surface area (Å²) >= 11 is 0. The van der Waals surface area contributed by atoms with Crippen molar-refractivity contribution in [2.75, 3.05) is 13.1 Å². The van der Waals surface area contributed by atoms with E-state index >= 15 is 0 Å². The second kappa shape index (κ2) is 4.56. The Morgan fingerprint density at radius 3 is 2.36 bits per heavy atom. The van der Waals surface area contributed by atoms with Gasteiger partial charge in [0.05, 0.1) is 0 Å². The number of aliphatic hydroxyl groups is 1. The van der Waals surface area contributed by atoms with Crippen LogP contribution in [0.4, 0.5) is 13.2 Å². The average Bonchev–Trinajstić information content (AvgIpc) is 1.86. The first-order valence-corrected chi connectivity index (χ1v) is 3.44. The van der Waals surface area contributed by atoms with Crippen molar-refractivity contribution in [1.82, 2.24) is 5.32 Å². The lowest BCUT2D eigenvalue weighted by atomic mass is 10.3. The van der Waals surface area contributed by atoms with Crippen molar-refractivity contribution in [1.29, 1.82) is 0 Å². The predicted octanol–water partition coefficient (Wildman–Crippen LogP) is 0.909. The lowest BCUT2D eigenvalue weighted by Crippen LogP contribution is -2.38. The van der Waals surface area contributed by atoms with Crippen molar-refractivity contribution in [2.24, 2.45) is 0 Å². The fourth-order valence-corrected chi connectivity index (χ4v) is 0.531. The quantitative estimate of drug-likeness (QED) is 0.616. The van der Waals surface area contributed by atoms with E-state index in [2.05, 4.69) is 5.32 Å². The molecule has 0 aromatic heterocycles. The van der Waals surface area contributed by atoms with Crippen LogP contribution < -0.4 is 5.32 Å². The van der Waals surface area contributed by atoms with Gasteiger partial charge >= 0.3 is 6.18 Å². The van der Waals surface area contributed by atoms with E-state index in [1.807, 2.05) is 6.92 Å². The van der Waals surface area contributed by atoms with Gasteiger partial charge in [-0.2, -0.15) is 13.2 Å². The zero-order valence-corrected chi connectivity index (χ0v) is 6.28. The molecule has 0 rings (SSSR count). The lowest BCUT2D eigenvalue weighted by molar-refractivity contribution is -0.201. The van der Waals surface area contributed by atoms with Gasteiger partial charge in [-0.25, -0.2) is 0 Å². The van der Waals surface area contributed by atoms with Gasteiger partial charge in [0.25, 0.3) is 0 Å². The minimum absolute atomic E-state index is 0.419. The molecule has 0 unspecified atom stereocenters. The van der Waals surface area contributed by atoms with Crippen LogP contribution in [0.1, 0.15) is 13.3 Å². The first-order valence-electron chi connectivity index (χ1n) is 3.44. The molecule has 0 aliphatic carbocycles. The van der Waals surface area contributed by atoms with Crippen molar-refractivity contribution in [3.05, 3.63) is 0 Å². The lowest BCUT2D eigenvalue weighted by Gasteiger charge is -2.14. The Morgan fingerprint density at radius 2 is 2.00 bits per heavy atom. The summed E-state index contributed by atoms with van der Waals surface area (Å²) in [6, 6.07) is 0. The van der Waals surface area contributed by atoms with Gasteiger partial charge in [0, 0.05) is 6.54 Å². The summed E-state index contributed by atoms with van der Waals surface area (Å²) < 4.78 is 34.8. The zero-order valence-electron chi connectivity index (χ0n) is 6.28. The van der Waals surface area contributed by atoms with E-state index in [-0.39, 0.29) is 0 Å². The van der Waals surface area contributed by atoms with Crippen LogP contribution in [0.2, 0.25) is 0 Å². The van der Waals surface area contributed by atoms with E-state index < -0.39 is 18.8 Å². The fraction of sp³-hybridized carbons (Fsp3) is 1.00. The fourth-order valence-electron chi connectivity index (χ4n) is 0.531. The smallest absolute Gasteiger partial charge is 0.382 e. The molecule has 0 heterocycles. The topological polar surface area (TPSA) is 32.3 Å². The highest BCUT2D eigenvalue weighted by molar-refractivity contribution is 4.67. The molecule has 11 heavy (non-hydrogen) atoms. The standard InChI is InChI=1S/C6H12F3NO/c1-2-3-10-4-5(11)6(7,8)9/h5,10-11H,2-4H2,1H3/t5-/m1/s1. The molecular formula is C6H12F3NO. The van der Waals surface area contributed by atoms with Gasteiger partial charge in [-0.3, -0.25) is 0 Å². The van der Waals surface area contributed by atoms with Crippen LogP contribution in [0.5, 0.6) is 0 Å². The monoisotopic (exact) mass is 171 g/mol. The maximum atomic E-state index is 11.6. The SMILES string of the molecule is CCCNC[C@@H](O)C(F)(F)F. The summed E-state index contributed by atoms with van der Waals surface area (Å²) in [5.41, 5.74) is 0. The van der Waals surface area contributed by atoms with Crippen LogP contribution >= 0.6 is 0 Å². The Kier molecular flexibility index (Phi) is 4.44. The molecule has 68 valence electrons. The molecule has 0 fully saturated rings. The van der Waals surface area contributed by atoms with Crippen LogP contribution in [-0.2, 0) is 0 Å². The Balaban J connectivity index is 3.44. The summed E-state index contributed by atoms with van der Waals surface area (Å²) in [5, 5.41) is 10.9. The zero-order chi connectivity index (χ0) is 8.91. The van der Waals surface area contributed by atoms with Crippen molar-refractivity contribution >= 4 is 0 Å². The van der Waals surface area contributed by atoms with Gasteiger partial charge < -0.3 is 10.4 Å². The number of hydrogen-bond donors (Lipinski definition) is 2. The highest BCUT2D eigenvalue weighted by Crippen LogP contribution is 2.18. The van der Waals surface area contributed by atoms with Gasteiger partial charge in [0.2, 0.25) is 0 Å². The van der Waals surface area contributed by atoms with Gasteiger partial charge in [-0.15, -0.1) is 0 Å². The number of alkyl halides is 3.